The summed E-state index contributed by atoms with van der Waals surface area (Å²) in [6, 6.07) is 0. The quantitative estimate of drug-likeness (QED) is 0.416. The van der Waals surface area contributed by atoms with Crippen LogP contribution in [0.2, 0.25) is 0 Å². The highest BCUT2D eigenvalue weighted by molar-refractivity contribution is 6.12. The Hall–Kier alpha value is -1.33. The number of ketones is 2. The number of hydrogen-bond donors (Lipinski definition) is 0. The Labute approximate surface area is 111 Å². The van der Waals surface area contributed by atoms with E-state index in [0.717, 1.165) is 0 Å². The predicted molar refractivity (Wildman–Crippen MR) is 66.6 cm³/mol. The average molecular weight is 266 g/mol. The van der Waals surface area contributed by atoms with E-state index in [-0.39, 0.29) is 5.78 Å². The largest absolute Gasteiger partial charge is 0.365 e. The van der Waals surface area contributed by atoms with Crippen LogP contribution in [0, 0.1) is 11.8 Å². The molecule has 0 aromatic heterocycles. The van der Waals surface area contributed by atoms with E-state index in [1.807, 2.05) is 0 Å². The maximum atomic E-state index is 12.7. The zero-order chi connectivity index (χ0) is 14.3. The van der Waals surface area contributed by atoms with Crippen molar-refractivity contribution < 1.29 is 23.9 Å². The fourth-order valence-electron chi connectivity index (χ4n) is 3.26. The summed E-state index contributed by atoms with van der Waals surface area (Å²) in [5.41, 5.74) is -2.88. The Balaban J connectivity index is 2.55. The van der Waals surface area contributed by atoms with Crippen LogP contribution in [0.15, 0.2) is 12.2 Å². The van der Waals surface area contributed by atoms with Crippen molar-refractivity contribution in [2.75, 3.05) is 14.2 Å². The van der Waals surface area contributed by atoms with E-state index in [0.29, 0.717) is 19.1 Å². The number of aldehydes is 1. The number of hydrogen-bond acceptors (Lipinski definition) is 5. The van der Waals surface area contributed by atoms with Crippen molar-refractivity contribution in [2.45, 2.75) is 31.0 Å². The van der Waals surface area contributed by atoms with Crippen molar-refractivity contribution in [3.8, 4) is 0 Å². The second-order valence-electron chi connectivity index (χ2n) is 5.02. The zero-order valence-electron chi connectivity index (χ0n) is 11.3. The first-order valence-electron chi connectivity index (χ1n) is 6.36. The molecular formula is C14H18O5. The summed E-state index contributed by atoms with van der Waals surface area (Å²) < 4.78 is 10.6. The molecule has 3 rings (SSSR count). The van der Waals surface area contributed by atoms with Gasteiger partial charge in [0.25, 0.3) is 0 Å². The molecule has 3 aliphatic rings. The van der Waals surface area contributed by atoms with Crippen LogP contribution in [0.5, 0.6) is 0 Å². The Morgan fingerprint density at radius 3 is 2.63 bits per heavy atom. The van der Waals surface area contributed by atoms with Crippen LogP contribution < -0.4 is 0 Å². The van der Waals surface area contributed by atoms with Gasteiger partial charge in [0.15, 0.2) is 17.5 Å². The number of Topliss-reactive ketones (excluding diaryl/α,β-unsaturated/α-hetero) is 2. The van der Waals surface area contributed by atoms with Gasteiger partial charge in [-0.3, -0.25) is 14.4 Å². The molecule has 5 nitrogen and oxygen atoms in total. The summed E-state index contributed by atoms with van der Waals surface area (Å²) in [6.45, 7) is 1.76. The molecule has 0 saturated heterocycles. The molecular weight excluding hydrogens is 248 g/mol. The van der Waals surface area contributed by atoms with Crippen molar-refractivity contribution in [2.24, 2.45) is 11.8 Å². The minimum Gasteiger partial charge on any atom is -0.365 e. The van der Waals surface area contributed by atoms with E-state index in [4.69, 9.17) is 9.47 Å². The summed E-state index contributed by atoms with van der Waals surface area (Å²) in [4.78, 5) is 36.1. The number of ether oxygens (including phenoxy) is 2. The van der Waals surface area contributed by atoms with Gasteiger partial charge in [0.05, 0.1) is 5.92 Å². The zero-order valence-corrected chi connectivity index (χ0v) is 11.3. The molecule has 0 spiro atoms. The van der Waals surface area contributed by atoms with Crippen LogP contribution in [0.25, 0.3) is 0 Å². The molecule has 0 unspecified atom stereocenters. The van der Waals surface area contributed by atoms with Crippen LogP contribution in [-0.2, 0) is 23.9 Å². The van der Waals surface area contributed by atoms with E-state index >= 15 is 0 Å². The lowest BCUT2D eigenvalue weighted by molar-refractivity contribution is -0.186. The number of carbonyl (C=O) groups is 3. The molecule has 104 valence electrons. The van der Waals surface area contributed by atoms with Gasteiger partial charge in [0.2, 0.25) is 5.78 Å². The second-order valence-corrected chi connectivity index (χ2v) is 5.02. The topological polar surface area (TPSA) is 69.7 Å². The minimum absolute atomic E-state index is 0.0276. The highest BCUT2D eigenvalue weighted by atomic mass is 16.5. The van der Waals surface area contributed by atoms with Crippen molar-refractivity contribution >= 4 is 17.9 Å². The normalized spacial score (nSPS) is 40.5. The fraction of sp³-hybridized carbons (Fsp3) is 0.643. The third kappa shape index (κ3) is 1.58. The first kappa shape index (κ1) is 14.1. The highest BCUT2D eigenvalue weighted by Gasteiger charge is 2.65. The molecule has 5 heteroatoms. The molecule has 0 heterocycles. The van der Waals surface area contributed by atoms with Crippen molar-refractivity contribution in [1.82, 2.24) is 0 Å². The lowest BCUT2D eigenvalue weighted by atomic mass is 9.57. The van der Waals surface area contributed by atoms with Gasteiger partial charge in [-0.05, 0) is 12.5 Å². The summed E-state index contributed by atoms with van der Waals surface area (Å²) in [6.07, 6.45) is 4.63. The average Bonchev–Trinajstić information content (AvgIpc) is 2.47. The molecule has 4 atom stereocenters. The van der Waals surface area contributed by atoms with Gasteiger partial charge in [-0.15, -0.1) is 0 Å². The van der Waals surface area contributed by atoms with E-state index < -0.39 is 28.8 Å². The molecule has 0 aliphatic heterocycles. The van der Waals surface area contributed by atoms with E-state index in [9.17, 15) is 14.4 Å². The summed E-state index contributed by atoms with van der Waals surface area (Å²) in [5, 5.41) is 0. The van der Waals surface area contributed by atoms with Crippen LogP contribution in [0.4, 0.5) is 0 Å². The fourth-order valence-corrected chi connectivity index (χ4v) is 3.26. The standard InChI is InChI=1S/C14H18O5/c1-4-11(16)10-7-9-5-6-13(10,18-2)12(17)14(9,8-15)19-3/h5-6,8-10H,4,7H2,1-3H3/t9-,10-,13-,14+/m1/s1. The molecule has 0 aromatic carbocycles. The highest BCUT2D eigenvalue weighted by Crippen LogP contribution is 2.49. The number of carbonyl (C=O) groups excluding carboxylic acids is 3. The molecule has 0 amide bonds. The number of fused-ring (bicyclic) bond motifs is 2. The molecule has 0 radical (unpaired) electrons. The van der Waals surface area contributed by atoms with Crippen LogP contribution in [0.3, 0.4) is 0 Å². The van der Waals surface area contributed by atoms with Crippen LogP contribution >= 0.6 is 0 Å². The summed E-state index contributed by atoms with van der Waals surface area (Å²) >= 11 is 0. The smallest absolute Gasteiger partial charge is 0.208 e. The maximum Gasteiger partial charge on any atom is 0.208 e. The molecule has 1 saturated carbocycles. The lowest BCUT2D eigenvalue weighted by Crippen LogP contribution is -2.69. The predicted octanol–water partition coefficient (Wildman–Crippen LogP) is 0.710. The van der Waals surface area contributed by atoms with Crippen molar-refractivity contribution in [1.29, 1.82) is 0 Å². The van der Waals surface area contributed by atoms with Gasteiger partial charge in [-0.2, -0.15) is 0 Å². The van der Waals surface area contributed by atoms with Crippen molar-refractivity contribution in [3.05, 3.63) is 12.2 Å². The molecule has 3 aliphatic carbocycles. The molecule has 19 heavy (non-hydrogen) atoms. The van der Waals surface area contributed by atoms with Gasteiger partial charge in [-0.25, -0.2) is 0 Å². The SMILES string of the molecule is CCC(=O)[C@H]1C[C@H]2C=C[C@]1(OC)C(=O)[C@@]2(C=O)OC. The van der Waals surface area contributed by atoms with Gasteiger partial charge in [-0.1, -0.05) is 13.0 Å². The van der Waals surface area contributed by atoms with Gasteiger partial charge >= 0.3 is 0 Å². The molecule has 2 bridgehead atoms. The Bertz CT molecular complexity index is 455. The third-order valence-corrected chi connectivity index (χ3v) is 4.43. The number of rotatable bonds is 5. The van der Waals surface area contributed by atoms with Gasteiger partial charge < -0.3 is 9.47 Å². The maximum absolute atomic E-state index is 12.7. The van der Waals surface area contributed by atoms with Crippen LogP contribution in [-0.4, -0.2) is 43.3 Å². The van der Waals surface area contributed by atoms with E-state index in [2.05, 4.69) is 0 Å². The Morgan fingerprint density at radius 2 is 2.16 bits per heavy atom. The molecule has 0 N–H and O–H groups in total. The van der Waals surface area contributed by atoms with E-state index in [1.165, 1.54) is 14.2 Å². The number of methoxy groups -OCH3 is 2. The monoisotopic (exact) mass is 266 g/mol. The first-order chi connectivity index (χ1) is 9.02. The van der Waals surface area contributed by atoms with Gasteiger partial charge in [0, 0.05) is 26.6 Å². The minimum atomic E-state index is -1.52. The molecule has 0 aromatic rings. The molecule has 1 fully saturated rings. The van der Waals surface area contributed by atoms with Crippen LogP contribution in [0.1, 0.15) is 19.8 Å². The summed E-state index contributed by atoms with van der Waals surface area (Å²) in [7, 11) is 2.72. The Morgan fingerprint density at radius 1 is 1.47 bits per heavy atom. The second kappa shape index (κ2) is 4.65. The first-order valence-corrected chi connectivity index (χ1v) is 6.36. The van der Waals surface area contributed by atoms with Gasteiger partial charge in [0.1, 0.15) is 5.78 Å². The summed E-state index contributed by atoms with van der Waals surface area (Å²) in [5.74, 6) is -1.43. The van der Waals surface area contributed by atoms with Crippen molar-refractivity contribution in [3.63, 3.8) is 0 Å². The lowest BCUT2D eigenvalue weighted by Gasteiger charge is -2.51. The Kier molecular flexibility index (Phi) is 3.45. The third-order valence-electron chi connectivity index (χ3n) is 4.43. The van der Waals surface area contributed by atoms with E-state index in [1.54, 1.807) is 19.1 Å².